The Morgan fingerprint density at radius 3 is 2.82 bits per heavy atom. The summed E-state index contributed by atoms with van der Waals surface area (Å²) < 4.78 is 7.77. The van der Waals surface area contributed by atoms with Crippen molar-refractivity contribution in [1.29, 1.82) is 0 Å². The number of aromatic nitrogens is 3. The lowest BCUT2D eigenvalue weighted by atomic mass is 10.1. The van der Waals surface area contributed by atoms with Crippen LogP contribution in [0.2, 0.25) is 0 Å². The van der Waals surface area contributed by atoms with Crippen molar-refractivity contribution in [3.8, 4) is 5.75 Å². The Bertz CT molecular complexity index is 954. The standard InChI is InChI=1S/C18H15N3O/c1-21-17-10-9-13(11-16(17)19-20-21)12-22-18-8-4-6-14-5-2-3-7-15(14)18/h2-11H,12H2,1H3. The van der Waals surface area contributed by atoms with Gasteiger partial charge in [0, 0.05) is 12.4 Å². The normalized spacial score (nSPS) is 11.1. The lowest BCUT2D eigenvalue weighted by Gasteiger charge is -2.09. The molecule has 4 nitrogen and oxygen atoms in total. The molecule has 0 saturated heterocycles. The van der Waals surface area contributed by atoms with Crippen LogP contribution in [-0.2, 0) is 13.7 Å². The van der Waals surface area contributed by atoms with Gasteiger partial charge in [-0.2, -0.15) is 0 Å². The molecule has 1 heterocycles. The minimum Gasteiger partial charge on any atom is -0.488 e. The van der Waals surface area contributed by atoms with Gasteiger partial charge in [0.05, 0.1) is 5.52 Å². The van der Waals surface area contributed by atoms with Gasteiger partial charge in [-0.15, -0.1) is 5.10 Å². The Morgan fingerprint density at radius 2 is 1.86 bits per heavy atom. The molecule has 1 aromatic heterocycles. The maximum Gasteiger partial charge on any atom is 0.127 e. The van der Waals surface area contributed by atoms with E-state index in [0.717, 1.165) is 27.7 Å². The van der Waals surface area contributed by atoms with Crippen molar-refractivity contribution in [3.63, 3.8) is 0 Å². The van der Waals surface area contributed by atoms with E-state index in [1.54, 1.807) is 4.68 Å². The highest BCUT2D eigenvalue weighted by atomic mass is 16.5. The number of hydrogen-bond donors (Lipinski definition) is 0. The third-order valence-corrected chi connectivity index (χ3v) is 3.82. The number of fused-ring (bicyclic) bond motifs is 2. The van der Waals surface area contributed by atoms with Crippen LogP contribution in [0.3, 0.4) is 0 Å². The minimum atomic E-state index is 0.514. The average Bonchev–Trinajstić information content (AvgIpc) is 2.93. The fourth-order valence-electron chi connectivity index (χ4n) is 2.66. The van der Waals surface area contributed by atoms with Crippen LogP contribution in [0.15, 0.2) is 60.7 Å². The third-order valence-electron chi connectivity index (χ3n) is 3.82. The van der Waals surface area contributed by atoms with Gasteiger partial charge < -0.3 is 4.74 Å². The lowest BCUT2D eigenvalue weighted by Crippen LogP contribution is -1.96. The van der Waals surface area contributed by atoms with Crippen molar-refractivity contribution in [2.24, 2.45) is 7.05 Å². The Labute approximate surface area is 127 Å². The Hall–Kier alpha value is -2.88. The molecule has 0 radical (unpaired) electrons. The molecule has 0 saturated carbocycles. The Balaban J connectivity index is 1.62. The van der Waals surface area contributed by atoms with E-state index in [2.05, 4.69) is 34.6 Å². The second-order valence-corrected chi connectivity index (χ2v) is 5.30. The van der Waals surface area contributed by atoms with Gasteiger partial charge in [0.2, 0.25) is 0 Å². The highest BCUT2D eigenvalue weighted by molar-refractivity contribution is 5.88. The molecular formula is C18H15N3O. The smallest absolute Gasteiger partial charge is 0.127 e. The predicted molar refractivity (Wildman–Crippen MR) is 86.8 cm³/mol. The number of ether oxygens (including phenoxy) is 1. The van der Waals surface area contributed by atoms with Crippen molar-refractivity contribution < 1.29 is 4.74 Å². The molecule has 0 amide bonds. The highest BCUT2D eigenvalue weighted by Crippen LogP contribution is 2.26. The quantitative estimate of drug-likeness (QED) is 0.577. The number of benzene rings is 3. The maximum absolute atomic E-state index is 6.01. The van der Waals surface area contributed by atoms with E-state index < -0.39 is 0 Å². The summed E-state index contributed by atoms with van der Waals surface area (Å²) in [4.78, 5) is 0. The van der Waals surface area contributed by atoms with Crippen LogP contribution in [-0.4, -0.2) is 15.0 Å². The summed E-state index contributed by atoms with van der Waals surface area (Å²) in [6, 6.07) is 20.4. The first-order valence-corrected chi connectivity index (χ1v) is 7.20. The van der Waals surface area contributed by atoms with E-state index in [1.807, 2.05) is 43.4 Å². The summed E-state index contributed by atoms with van der Waals surface area (Å²) in [7, 11) is 1.89. The van der Waals surface area contributed by atoms with Crippen LogP contribution in [0, 0.1) is 0 Å². The summed E-state index contributed by atoms with van der Waals surface area (Å²) in [5, 5.41) is 10.5. The molecule has 3 aromatic carbocycles. The number of hydrogen-bond acceptors (Lipinski definition) is 3. The topological polar surface area (TPSA) is 39.9 Å². The van der Waals surface area contributed by atoms with Crippen LogP contribution in [0.4, 0.5) is 0 Å². The van der Waals surface area contributed by atoms with Crippen molar-refractivity contribution in [2.75, 3.05) is 0 Å². The Kier molecular flexibility index (Phi) is 3.00. The molecule has 4 rings (SSSR count). The monoisotopic (exact) mass is 289 g/mol. The molecule has 0 spiro atoms. The van der Waals surface area contributed by atoms with Crippen molar-refractivity contribution in [1.82, 2.24) is 15.0 Å². The van der Waals surface area contributed by atoms with E-state index >= 15 is 0 Å². The molecule has 0 N–H and O–H groups in total. The SMILES string of the molecule is Cn1nnc2cc(COc3cccc4ccccc34)ccc21. The van der Waals surface area contributed by atoms with Crippen LogP contribution in [0.1, 0.15) is 5.56 Å². The van der Waals surface area contributed by atoms with Crippen molar-refractivity contribution in [3.05, 3.63) is 66.2 Å². The number of aryl methyl sites for hydroxylation is 1. The molecule has 4 heteroatoms. The van der Waals surface area contributed by atoms with Gasteiger partial charge in [-0.1, -0.05) is 47.7 Å². The van der Waals surface area contributed by atoms with Gasteiger partial charge in [-0.25, -0.2) is 4.68 Å². The molecule has 0 fully saturated rings. The molecule has 0 atom stereocenters. The fourth-order valence-corrected chi connectivity index (χ4v) is 2.66. The maximum atomic E-state index is 6.01. The molecule has 0 aliphatic carbocycles. The molecule has 22 heavy (non-hydrogen) atoms. The first kappa shape index (κ1) is 12.8. The summed E-state index contributed by atoms with van der Waals surface area (Å²) in [5.41, 5.74) is 3.00. The predicted octanol–water partition coefficient (Wildman–Crippen LogP) is 3.70. The first-order chi connectivity index (χ1) is 10.8. The largest absolute Gasteiger partial charge is 0.488 e. The van der Waals surface area contributed by atoms with Gasteiger partial charge in [-0.05, 0) is 29.1 Å². The van der Waals surface area contributed by atoms with E-state index in [-0.39, 0.29) is 0 Å². The van der Waals surface area contributed by atoms with Gasteiger partial charge >= 0.3 is 0 Å². The van der Waals surface area contributed by atoms with Crippen LogP contribution < -0.4 is 4.74 Å². The number of nitrogens with zero attached hydrogens (tertiary/aromatic N) is 3. The zero-order valence-corrected chi connectivity index (χ0v) is 12.2. The summed E-state index contributed by atoms with van der Waals surface area (Å²) in [5.74, 6) is 0.900. The molecular weight excluding hydrogens is 274 g/mol. The minimum absolute atomic E-state index is 0.514. The molecule has 0 aliphatic rings. The molecule has 0 bridgehead atoms. The lowest BCUT2D eigenvalue weighted by molar-refractivity contribution is 0.310. The molecule has 4 aromatic rings. The fraction of sp³-hybridized carbons (Fsp3) is 0.111. The van der Waals surface area contributed by atoms with Crippen molar-refractivity contribution >= 4 is 21.8 Å². The molecule has 0 unspecified atom stereocenters. The zero-order chi connectivity index (χ0) is 14.9. The van der Waals surface area contributed by atoms with E-state index in [9.17, 15) is 0 Å². The van der Waals surface area contributed by atoms with Crippen LogP contribution in [0.25, 0.3) is 21.8 Å². The third kappa shape index (κ3) is 2.19. The van der Waals surface area contributed by atoms with E-state index in [4.69, 9.17) is 4.74 Å². The first-order valence-electron chi connectivity index (χ1n) is 7.20. The van der Waals surface area contributed by atoms with E-state index in [0.29, 0.717) is 6.61 Å². The van der Waals surface area contributed by atoms with Gasteiger partial charge in [0.25, 0.3) is 0 Å². The number of rotatable bonds is 3. The molecule has 108 valence electrons. The summed E-state index contributed by atoms with van der Waals surface area (Å²) in [6.45, 7) is 0.514. The van der Waals surface area contributed by atoms with Gasteiger partial charge in [0.1, 0.15) is 17.9 Å². The zero-order valence-electron chi connectivity index (χ0n) is 12.2. The molecule has 0 aliphatic heterocycles. The van der Waals surface area contributed by atoms with E-state index in [1.165, 1.54) is 5.39 Å². The van der Waals surface area contributed by atoms with Gasteiger partial charge in [0.15, 0.2) is 0 Å². The second-order valence-electron chi connectivity index (χ2n) is 5.30. The average molecular weight is 289 g/mol. The summed E-state index contributed by atoms with van der Waals surface area (Å²) in [6.07, 6.45) is 0. The van der Waals surface area contributed by atoms with Crippen LogP contribution in [0.5, 0.6) is 5.75 Å². The highest BCUT2D eigenvalue weighted by Gasteiger charge is 2.05. The second kappa shape index (κ2) is 5.15. The van der Waals surface area contributed by atoms with Gasteiger partial charge in [-0.3, -0.25) is 0 Å². The van der Waals surface area contributed by atoms with Crippen LogP contribution >= 0.6 is 0 Å². The summed E-state index contributed by atoms with van der Waals surface area (Å²) >= 11 is 0. The van der Waals surface area contributed by atoms with Crippen molar-refractivity contribution in [2.45, 2.75) is 6.61 Å². The Morgan fingerprint density at radius 1 is 1.00 bits per heavy atom.